The van der Waals surface area contributed by atoms with E-state index >= 15 is 0 Å². The molecule has 2 aromatic heterocycles. The van der Waals surface area contributed by atoms with Gasteiger partial charge in [0, 0.05) is 12.3 Å². The van der Waals surface area contributed by atoms with Gasteiger partial charge in [0.2, 0.25) is 5.88 Å². The maximum Gasteiger partial charge on any atom is 0.272 e. The number of aromatic nitrogens is 3. The van der Waals surface area contributed by atoms with Gasteiger partial charge in [-0.2, -0.15) is 10.1 Å². The second-order valence-electron chi connectivity index (χ2n) is 4.03. The second kappa shape index (κ2) is 4.98. The van der Waals surface area contributed by atoms with Crippen LogP contribution in [0.5, 0.6) is 11.6 Å². The van der Waals surface area contributed by atoms with Crippen LogP contribution in [0.3, 0.4) is 0 Å². The van der Waals surface area contributed by atoms with Crippen LogP contribution in [0.2, 0.25) is 5.02 Å². The molecule has 0 spiro atoms. The number of hydrogen-bond donors (Lipinski definition) is 0. The molecule has 21 heavy (non-hydrogen) atoms. The number of nitrogens with zero attached hydrogens (tertiary/aromatic N) is 4. The van der Waals surface area contributed by atoms with Gasteiger partial charge in [-0.1, -0.05) is 11.6 Å². The van der Waals surface area contributed by atoms with Gasteiger partial charge in [-0.3, -0.25) is 10.1 Å². The van der Waals surface area contributed by atoms with Crippen molar-refractivity contribution in [1.82, 2.24) is 14.6 Å². The lowest BCUT2D eigenvalue weighted by atomic mass is 10.3. The number of fused-ring (bicyclic) bond motifs is 1. The van der Waals surface area contributed by atoms with Crippen LogP contribution >= 0.6 is 11.6 Å². The van der Waals surface area contributed by atoms with Gasteiger partial charge in [-0.25, -0.2) is 8.91 Å². The predicted molar refractivity (Wildman–Crippen MR) is 71.1 cm³/mol. The first-order valence-corrected chi connectivity index (χ1v) is 6.03. The number of nitro benzene ring substituents is 1. The van der Waals surface area contributed by atoms with Crippen LogP contribution in [0.15, 0.2) is 36.8 Å². The molecule has 106 valence electrons. The van der Waals surface area contributed by atoms with Crippen LogP contribution in [0.4, 0.5) is 10.1 Å². The summed E-state index contributed by atoms with van der Waals surface area (Å²) in [6.45, 7) is 0. The lowest BCUT2D eigenvalue weighted by molar-refractivity contribution is -0.385. The summed E-state index contributed by atoms with van der Waals surface area (Å²) in [7, 11) is 0. The van der Waals surface area contributed by atoms with E-state index in [0.29, 0.717) is 10.5 Å². The fourth-order valence-corrected chi connectivity index (χ4v) is 1.94. The molecule has 0 aliphatic rings. The summed E-state index contributed by atoms with van der Waals surface area (Å²) in [4.78, 5) is 13.8. The van der Waals surface area contributed by atoms with Crippen LogP contribution in [-0.4, -0.2) is 19.5 Å². The first-order valence-electron chi connectivity index (χ1n) is 5.65. The lowest BCUT2D eigenvalue weighted by Crippen LogP contribution is -1.97. The van der Waals surface area contributed by atoms with E-state index in [1.165, 1.54) is 17.0 Å². The number of non-ortho nitro benzene ring substituents is 1. The van der Waals surface area contributed by atoms with Crippen molar-refractivity contribution in [1.29, 1.82) is 0 Å². The highest BCUT2D eigenvalue weighted by Crippen LogP contribution is 2.29. The molecule has 2 heterocycles. The number of hydrogen-bond acceptors (Lipinski definition) is 5. The number of benzene rings is 1. The zero-order valence-corrected chi connectivity index (χ0v) is 11.0. The van der Waals surface area contributed by atoms with Gasteiger partial charge in [0.25, 0.3) is 5.69 Å². The predicted octanol–water partition coefficient (Wildman–Crippen LogP) is 3.22. The third kappa shape index (κ3) is 2.48. The van der Waals surface area contributed by atoms with E-state index in [9.17, 15) is 14.5 Å². The molecule has 1 aromatic carbocycles. The smallest absolute Gasteiger partial charge is 0.272 e. The van der Waals surface area contributed by atoms with E-state index in [2.05, 4.69) is 10.1 Å². The van der Waals surface area contributed by atoms with E-state index in [4.69, 9.17) is 16.3 Å². The quantitative estimate of drug-likeness (QED) is 0.548. The highest BCUT2D eigenvalue weighted by Gasteiger charge is 2.14. The highest BCUT2D eigenvalue weighted by molar-refractivity contribution is 6.31. The van der Waals surface area contributed by atoms with E-state index < -0.39 is 10.7 Å². The molecule has 7 nitrogen and oxygen atoms in total. The summed E-state index contributed by atoms with van der Waals surface area (Å²) < 4.78 is 20.6. The summed E-state index contributed by atoms with van der Waals surface area (Å²) in [5.74, 6) is -0.957. The van der Waals surface area contributed by atoms with Crippen molar-refractivity contribution in [3.8, 4) is 11.6 Å². The zero-order chi connectivity index (χ0) is 15.0. The van der Waals surface area contributed by atoms with E-state index in [0.717, 1.165) is 18.2 Å². The van der Waals surface area contributed by atoms with Gasteiger partial charge in [0.05, 0.1) is 16.0 Å². The lowest BCUT2D eigenvalue weighted by Gasteiger charge is -2.06. The van der Waals surface area contributed by atoms with Gasteiger partial charge >= 0.3 is 0 Å². The van der Waals surface area contributed by atoms with Crippen molar-refractivity contribution >= 4 is 22.8 Å². The summed E-state index contributed by atoms with van der Waals surface area (Å²) >= 11 is 5.85. The molecule has 0 fully saturated rings. The fourth-order valence-electron chi connectivity index (χ4n) is 1.74. The van der Waals surface area contributed by atoms with Crippen LogP contribution < -0.4 is 4.74 Å². The first-order chi connectivity index (χ1) is 10.0. The van der Waals surface area contributed by atoms with Crippen LogP contribution in [0.1, 0.15) is 0 Å². The Morgan fingerprint density at radius 2 is 2.19 bits per heavy atom. The van der Waals surface area contributed by atoms with E-state index in [1.807, 2.05) is 0 Å². The molecule has 0 saturated heterocycles. The van der Waals surface area contributed by atoms with E-state index in [1.54, 1.807) is 6.07 Å². The molecule has 0 radical (unpaired) electrons. The monoisotopic (exact) mass is 308 g/mol. The van der Waals surface area contributed by atoms with Crippen molar-refractivity contribution < 1.29 is 14.1 Å². The topological polar surface area (TPSA) is 82.6 Å². The molecule has 0 unspecified atom stereocenters. The third-order valence-corrected chi connectivity index (χ3v) is 2.88. The average Bonchev–Trinajstić information content (AvgIpc) is 2.82. The number of halogens is 2. The van der Waals surface area contributed by atoms with Gasteiger partial charge in [0.15, 0.2) is 11.6 Å². The van der Waals surface area contributed by atoms with Crippen LogP contribution in [0.25, 0.3) is 5.52 Å². The normalized spacial score (nSPS) is 10.8. The summed E-state index contributed by atoms with van der Waals surface area (Å²) in [5, 5.41) is 14.9. The third-order valence-electron chi connectivity index (χ3n) is 2.67. The molecule has 3 rings (SSSR count). The molecule has 0 N–H and O–H groups in total. The van der Waals surface area contributed by atoms with Gasteiger partial charge in [-0.05, 0) is 12.1 Å². The Bertz CT molecular complexity index is 852. The molecular weight excluding hydrogens is 303 g/mol. The maximum absolute atomic E-state index is 13.8. The molecule has 0 atom stereocenters. The summed E-state index contributed by atoms with van der Waals surface area (Å²) in [6, 6.07) is 4.64. The van der Waals surface area contributed by atoms with Crippen LogP contribution in [-0.2, 0) is 0 Å². The largest absolute Gasteiger partial charge is 0.434 e. The molecule has 0 saturated carbocycles. The number of rotatable bonds is 3. The summed E-state index contributed by atoms with van der Waals surface area (Å²) in [6.07, 6.45) is 2.76. The van der Waals surface area contributed by atoms with E-state index in [-0.39, 0.29) is 17.3 Å². The standard InChI is InChI=1S/C12H6ClFN4O3/c13-7-3-10-12(15-6-16-17(10)5-7)21-11-2-1-8(18(19)20)4-9(11)14/h1-6H. The highest BCUT2D eigenvalue weighted by atomic mass is 35.5. The molecule has 9 heteroatoms. The molecule has 0 bridgehead atoms. The fraction of sp³-hybridized carbons (Fsp3) is 0. The molecule has 3 aromatic rings. The minimum Gasteiger partial charge on any atom is -0.434 e. The Hall–Kier alpha value is -2.74. The van der Waals surface area contributed by atoms with Gasteiger partial charge in [-0.15, -0.1) is 0 Å². The van der Waals surface area contributed by atoms with Crippen molar-refractivity contribution in [2.45, 2.75) is 0 Å². The molecule has 0 aliphatic carbocycles. The average molecular weight is 309 g/mol. The Balaban J connectivity index is 2.00. The summed E-state index contributed by atoms with van der Waals surface area (Å²) in [5.41, 5.74) is 0.0821. The minimum absolute atomic E-state index is 0.0876. The number of ether oxygens (including phenoxy) is 1. The molecular formula is C12H6ClFN4O3. The Morgan fingerprint density at radius 1 is 1.38 bits per heavy atom. The molecule has 0 amide bonds. The number of nitro groups is 1. The van der Waals surface area contributed by atoms with Gasteiger partial charge in [0.1, 0.15) is 11.8 Å². The maximum atomic E-state index is 13.8. The SMILES string of the molecule is O=[N+]([O-])c1ccc(Oc2ncnn3cc(Cl)cc23)c(F)c1. The van der Waals surface area contributed by atoms with Crippen LogP contribution in [0, 0.1) is 15.9 Å². The Kier molecular flexibility index (Phi) is 3.15. The minimum atomic E-state index is -0.862. The van der Waals surface area contributed by atoms with Crippen molar-refractivity contribution in [2.75, 3.05) is 0 Å². The van der Waals surface area contributed by atoms with Crippen molar-refractivity contribution in [2.24, 2.45) is 0 Å². The first kappa shape index (κ1) is 13.3. The molecule has 0 aliphatic heterocycles. The van der Waals surface area contributed by atoms with Crippen molar-refractivity contribution in [3.05, 3.63) is 57.7 Å². The Labute approximate surface area is 121 Å². The van der Waals surface area contributed by atoms with Crippen molar-refractivity contribution in [3.63, 3.8) is 0 Å². The second-order valence-corrected chi connectivity index (χ2v) is 4.46. The van der Waals surface area contributed by atoms with Gasteiger partial charge < -0.3 is 4.74 Å². The zero-order valence-electron chi connectivity index (χ0n) is 10.2. The Morgan fingerprint density at radius 3 is 2.90 bits per heavy atom.